The minimum atomic E-state index is 0.333. The number of rotatable bonds is 5. The Kier molecular flexibility index (Phi) is 4.61. The Morgan fingerprint density at radius 3 is 2.63 bits per heavy atom. The number of nitrogens with one attached hydrogen (secondary N) is 1. The van der Waals surface area contributed by atoms with Gasteiger partial charge in [-0.25, -0.2) is 0 Å². The van der Waals surface area contributed by atoms with E-state index in [2.05, 4.69) is 36.7 Å². The second-order valence-corrected chi connectivity index (χ2v) is 6.18. The number of phenolic OH excluding ortho intramolecular Hbond substituents is 1. The van der Waals surface area contributed by atoms with Crippen molar-refractivity contribution in [2.45, 2.75) is 33.4 Å². The average Bonchev–Trinajstić information content (AvgIpc) is 2.88. The van der Waals surface area contributed by atoms with E-state index in [4.69, 9.17) is 0 Å². The minimum absolute atomic E-state index is 0.333. The molecule has 0 aliphatic heterocycles. The van der Waals surface area contributed by atoms with E-state index >= 15 is 0 Å². The molecule has 2 rings (SSSR count). The smallest absolute Gasteiger partial charge is 0.122 e. The quantitative estimate of drug-likeness (QED) is 0.855. The molecule has 2 aromatic rings. The molecule has 2 nitrogen and oxygen atoms in total. The number of aromatic hydroxyl groups is 1. The maximum atomic E-state index is 10.0. The predicted molar refractivity (Wildman–Crippen MR) is 81.6 cm³/mol. The van der Waals surface area contributed by atoms with Crippen molar-refractivity contribution in [2.24, 2.45) is 5.92 Å². The van der Waals surface area contributed by atoms with E-state index in [1.54, 1.807) is 11.3 Å². The van der Waals surface area contributed by atoms with Crippen LogP contribution in [-0.2, 0) is 6.54 Å². The van der Waals surface area contributed by atoms with Gasteiger partial charge in [-0.1, -0.05) is 38.1 Å². The number of benzene rings is 1. The van der Waals surface area contributed by atoms with Gasteiger partial charge in [0.15, 0.2) is 0 Å². The summed E-state index contributed by atoms with van der Waals surface area (Å²) in [5.74, 6) is 0.925. The highest BCUT2D eigenvalue weighted by atomic mass is 32.1. The molecule has 0 saturated carbocycles. The maximum Gasteiger partial charge on any atom is 0.122 e. The molecule has 0 amide bonds. The zero-order valence-electron chi connectivity index (χ0n) is 11.7. The van der Waals surface area contributed by atoms with E-state index in [1.807, 2.05) is 25.1 Å². The van der Waals surface area contributed by atoms with Crippen molar-refractivity contribution >= 4 is 11.3 Å². The topological polar surface area (TPSA) is 32.3 Å². The van der Waals surface area contributed by atoms with Gasteiger partial charge in [0.1, 0.15) is 5.75 Å². The average molecular weight is 275 g/mol. The summed E-state index contributed by atoms with van der Waals surface area (Å²) < 4.78 is 0. The zero-order chi connectivity index (χ0) is 13.8. The number of para-hydroxylation sites is 1. The van der Waals surface area contributed by atoms with Gasteiger partial charge in [0.2, 0.25) is 0 Å². The van der Waals surface area contributed by atoms with Crippen LogP contribution >= 0.6 is 11.3 Å². The molecule has 0 aliphatic rings. The fourth-order valence-corrected chi connectivity index (χ4v) is 3.19. The van der Waals surface area contributed by atoms with Gasteiger partial charge in [-0.3, -0.25) is 0 Å². The summed E-state index contributed by atoms with van der Waals surface area (Å²) in [6.45, 7) is 7.05. The Morgan fingerprint density at radius 2 is 2.00 bits per heavy atom. The number of phenols is 1. The Hall–Kier alpha value is -1.32. The monoisotopic (exact) mass is 275 g/mol. The van der Waals surface area contributed by atoms with Gasteiger partial charge in [0.05, 0.1) is 0 Å². The van der Waals surface area contributed by atoms with Gasteiger partial charge in [-0.05, 0) is 29.9 Å². The molecular formula is C16H21NOS. The first-order chi connectivity index (χ1) is 9.09. The predicted octanol–water partition coefficient (Wildman–Crippen LogP) is 4.25. The largest absolute Gasteiger partial charge is 0.507 e. The van der Waals surface area contributed by atoms with Crippen LogP contribution in [0.3, 0.4) is 0 Å². The van der Waals surface area contributed by atoms with E-state index in [-0.39, 0.29) is 0 Å². The third-order valence-corrected chi connectivity index (χ3v) is 4.31. The highest BCUT2D eigenvalue weighted by Crippen LogP contribution is 2.27. The molecule has 0 saturated heterocycles. The molecule has 0 aliphatic carbocycles. The zero-order valence-corrected chi connectivity index (χ0v) is 12.5. The molecule has 102 valence electrons. The van der Waals surface area contributed by atoms with Crippen LogP contribution < -0.4 is 5.32 Å². The van der Waals surface area contributed by atoms with Gasteiger partial charge in [-0.15, -0.1) is 11.3 Å². The van der Waals surface area contributed by atoms with E-state index < -0.39 is 0 Å². The summed E-state index contributed by atoms with van der Waals surface area (Å²) in [7, 11) is 0. The van der Waals surface area contributed by atoms with Crippen LogP contribution in [0.15, 0.2) is 35.7 Å². The van der Waals surface area contributed by atoms with Crippen LogP contribution in [0.5, 0.6) is 5.75 Å². The number of hydrogen-bond acceptors (Lipinski definition) is 3. The summed E-state index contributed by atoms with van der Waals surface area (Å²) in [4.78, 5) is 1.35. The lowest BCUT2D eigenvalue weighted by molar-refractivity contribution is 0.406. The lowest BCUT2D eigenvalue weighted by Gasteiger charge is -2.21. The Balaban J connectivity index is 2.09. The molecule has 1 atom stereocenters. The van der Waals surface area contributed by atoms with Crippen molar-refractivity contribution in [2.75, 3.05) is 0 Å². The van der Waals surface area contributed by atoms with Crippen LogP contribution in [0.1, 0.15) is 35.9 Å². The third-order valence-electron chi connectivity index (χ3n) is 3.35. The van der Waals surface area contributed by atoms with Gasteiger partial charge < -0.3 is 10.4 Å². The molecule has 0 spiro atoms. The highest BCUT2D eigenvalue weighted by Gasteiger charge is 2.16. The first kappa shape index (κ1) is 14.1. The van der Waals surface area contributed by atoms with E-state index in [9.17, 15) is 5.11 Å². The fraction of sp³-hybridized carbons (Fsp3) is 0.375. The van der Waals surface area contributed by atoms with Crippen LogP contribution in [0, 0.1) is 12.8 Å². The van der Waals surface area contributed by atoms with Crippen molar-refractivity contribution in [1.29, 1.82) is 0 Å². The first-order valence-electron chi connectivity index (χ1n) is 6.64. The molecular weight excluding hydrogens is 254 g/mol. The molecule has 1 heterocycles. The Morgan fingerprint density at radius 1 is 1.21 bits per heavy atom. The lowest BCUT2D eigenvalue weighted by atomic mass is 10.0. The number of aryl methyl sites for hydroxylation is 1. The van der Waals surface area contributed by atoms with Crippen LogP contribution in [-0.4, -0.2) is 5.11 Å². The summed E-state index contributed by atoms with van der Waals surface area (Å²) in [6, 6.07) is 10.5. The minimum Gasteiger partial charge on any atom is -0.507 e. The Labute approximate surface area is 119 Å². The highest BCUT2D eigenvalue weighted by molar-refractivity contribution is 7.10. The van der Waals surface area contributed by atoms with Crippen molar-refractivity contribution in [3.63, 3.8) is 0 Å². The summed E-state index contributed by atoms with van der Waals surface area (Å²) in [6.07, 6.45) is 0. The molecule has 1 unspecified atom stereocenters. The molecule has 0 fully saturated rings. The lowest BCUT2D eigenvalue weighted by Crippen LogP contribution is -2.24. The second-order valence-electron chi connectivity index (χ2n) is 5.20. The van der Waals surface area contributed by atoms with Crippen molar-refractivity contribution < 1.29 is 5.11 Å². The molecule has 1 aromatic carbocycles. The maximum absolute atomic E-state index is 10.0. The summed E-state index contributed by atoms with van der Waals surface area (Å²) in [5.41, 5.74) is 1.89. The van der Waals surface area contributed by atoms with Crippen LogP contribution in [0.25, 0.3) is 0 Å². The van der Waals surface area contributed by atoms with Gasteiger partial charge in [0, 0.05) is 23.0 Å². The second kappa shape index (κ2) is 6.22. The summed E-state index contributed by atoms with van der Waals surface area (Å²) in [5, 5.41) is 15.7. The van der Waals surface area contributed by atoms with Crippen LogP contribution in [0.4, 0.5) is 0 Å². The molecule has 19 heavy (non-hydrogen) atoms. The van der Waals surface area contributed by atoms with Gasteiger partial charge in [0.25, 0.3) is 0 Å². The SMILES string of the molecule is Cc1cccc(CNC(c2cccs2)C(C)C)c1O. The van der Waals surface area contributed by atoms with Crippen molar-refractivity contribution in [3.8, 4) is 5.75 Å². The van der Waals surface area contributed by atoms with Gasteiger partial charge in [-0.2, -0.15) is 0 Å². The first-order valence-corrected chi connectivity index (χ1v) is 7.51. The molecule has 0 radical (unpaired) electrons. The fourth-order valence-electron chi connectivity index (χ4n) is 2.22. The van der Waals surface area contributed by atoms with Gasteiger partial charge >= 0.3 is 0 Å². The Bertz CT molecular complexity index is 520. The standard InChI is InChI=1S/C16H21NOS/c1-11(2)15(14-8-5-9-19-14)17-10-13-7-4-6-12(3)16(13)18/h4-9,11,15,17-18H,10H2,1-3H3. The normalized spacial score (nSPS) is 12.8. The van der Waals surface area contributed by atoms with Crippen molar-refractivity contribution in [1.82, 2.24) is 5.32 Å². The van der Waals surface area contributed by atoms with E-state index in [1.165, 1.54) is 4.88 Å². The third kappa shape index (κ3) is 3.37. The number of thiophene rings is 1. The number of hydrogen-bond donors (Lipinski definition) is 2. The summed E-state index contributed by atoms with van der Waals surface area (Å²) >= 11 is 1.78. The molecule has 1 aromatic heterocycles. The van der Waals surface area contributed by atoms with E-state index in [0.29, 0.717) is 24.3 Å². The van der Waals surface area contributed by atoms with Crippen molar-refractivity contribution in [3.05, 3.63) is 51.7 Å². The molecule has 2 N–H and O–H groups in total. The van der Waals surface area contributed by atoms with Crippen LogP contribution in [0.2, 0.25) is 0 Å². The molecule has 0 bridgehead atoms. The molecule has 3 heteroatoms. The van der Waals surface area contributed by atoms with E-state index in [0.717, 1.165) is 11.1 Å².